The minimum atomic E-state index is -0.145. The van der Waals surface area contributed by atoms with Crippen molar-refractivity contribution in [2.45, 2.75) is 20.8 Å². The Morgan fingerprint density at radius 2 is 1.92 bits per heavy atom. The first-order valence-corrected chi connectivity index (χ1v) is 3.98. The van der Waals surface area contributed by atoms with Crippen molar-refractivity contribution in [1.29, 1.82) is 0 Å². The Bertz CT molecular complexity index is 278. The third kappa shape index (κ3) is 2.78. The van der Waals surface area contributed by atoms with Crippen LogP contribution in [0.1, 0.15) is 19.4 Å². The molecular weight excluding hydrogens is 154 g/mol. The summed E-state index contributed by atoms with van der Waals surface area (Å²) in [5, 5.41) is 0. The lowest BCUT2D eigenvalue weighted by Gasteiger charge is -2.01. The van der Waals surface area contributed by atoms with Gasteiger partial charge in [0.15, 0.2) is 0 Å². The van der Waals surface area contributed by atoms with Crippen molar-refractivity contribution in [3.8, 4) is 0 Å². The molecule has 1 aromatic heterocycles. The summed E-state index contributed by atoms with van der Waals surface area (Å²) in [6, 6.07) is 3.22. The highest BCUT2D eigenvalue weighted by molar-refractivity contribution is 5.06. The van der Waals surface area contributed by atoms with E-state index < -0.39 is 0 Å². The third-order valence-corrected chi connectivity index (χ3v) is 1.22. The number of hydrogen-bond acceptors (Lipinski definition) is 2. The van der Waals surface area contributed by atoms with Gasteiger partial charge in [-0.05, 0) is 12.5 Å². The van der Waals surface area contributed by atoms with E-state index in [2.05, 4.69) is 0 Å². The minimum absolute atomic E-state index is 0.145. The number of aromatic nitrogens is 1. The molecule has 0 aliphatic carbocycles. The summed E-state index contributed by atoms with van der Waals surface area (Å²) in [6.07, 6.45) is 1.64. The molecule has 1 aromatic rings. The molecule has 0 bridgehead atoms. The van der Waals surface area contributed by atoms with Crippen molar-refractivity contribution >= 4 is 0 Å². The lowest BCUT2D eigenvalue weighted by molar-refractivity contribution is 0.156. The topological polar surface area (TPSA) is 31.2 Å². The molecule has 0 radical (unpaired) electrons. The molecule has 68 valence electrons. The molecule has 0 atom stereocenters. The van der Waals surface area contributed by atoms with Gasteiger partial charge in [0.1, 0.15) is 7.11 Å². The van der Waals surface area contributed by atoms with Gasteiger partial charge in [-0.3, -0.25) is 4.79 Å². The summed E-state index contributed by atoms with van der Waals surface area (Å²) in [4.78, 5) is 15.6. The van der Waals surface area contributed by atoms with Crippen LogP contribution >= 0.6 is 0 Å². The van der Waals surface area contributed by atoms with Crippen molar-refractivity contribution in [2.24, 2.45) is 0 Å². The summed E-state index contributed by atoms with van der Waals surface area (Å²) in [6.45, 7) is 5.90. The second-order valence-corrected chi connectivity index (χ2v) is 2.05. The summed E-state index contributed by atoms with van der Waals surface area (Å²) in [7, 11) is 1.46. The second-order valence-electron chi connectivity index (χ2n) is 2.05. The van der Waals surface area contributed by atoms with E-state index in [1.807, 2.05) is 20.8 Å². The Kier molecular flexibility index (Phi) is 4.84. The highest BCUT2D eigenvalue weighted by Gasteiger charge is 1.91. The number of nitrogens with zero attached hydrogens (tertiary/aromatic N) is 1. The predicted molar refractivity (Wildman–Crippen MR) is 49.3 cm³/mol. The molecule has 0 saturated heterocycles. The molecule has 1 heterocycles. The molecule has 0 N–H and O–H groups in total. The van der Waals surface area contributed by atoms with E-state index in [9.17, 15) is 4.79 Å². The van der Waals surface area contributed by atoms with Crippen LogP contribution in [0.4, 0.5) is 0 Å². The van der Waals surface area contributed by atoms with E-state index >= 15 is 0 Å². The standard InChI is InChI=1S/C7H9NO2.C2H6/c1-6-3-4-7(9)8(5-6)10-2;1-2/h3-5H,1-2H3;1-2H3. The third-order valence-electron chi connectivity index (χ3n) is 1.22. The number of rotatable bonds is 1. The van der Waals surface area contributed by atoms with Crippen LogP contribution in [0.3, 0.4) is 0 Å². The van der Waals surface area contributed by atoms with E-state index in [1.54, 1.807) is 12.3 Å². The quantitative estimate of drug-likeness (QED) is 0.633. The van der Waals surface area contributed by atoms with Gasteiger partial charge in [0.25, 0.3) is 5.56 Å². The smallest absolute Gasteiger partial charge is 0.282 e. The number of aryl methyl sites for hydroxylation is 1. The van der Waals surface area contributed by atoms with Gasteiger partial charge in [0.2, 0.25) is 0 Å². The minimum Gasteiger partial charge on any atom is -0.414 e. The van der Waals surface area contributed by atoms with Gasteiger partial charge >= 0.3 is 0 Å². The molecule has 0 unspecified atom stereocenters. The van der Waals surface area contributed by atoms with Gasteiger partial charge in [0, 0.05) is 6.07 Å². The van der Waals surface area contributed by atoms with Crippen LogP contribution in [-0.4, -0.2) is 11.8 Å². The Morgan fingerprint density at radius 3 is 2.33 bits per heavy atom. The lowest BCUT2D eigenvalue weighted by atomic mass is 10.3. The van der Waals surface area contributed by atoms with Gasteiger partial charge in [-0.25, -0.2) is 0 Å². The van der Waals surface area contributed by atoms with E-state index in [-0.39, 0.29) is 5.56 Å². The first-order chi connectivity index (χ1) is 5.74. The number of hydrogen-bond donors (Lipinski definition) is 0. The van der Waals surface area contributed by atoms with E-state index in [0.29, 0.717) is 0 Å². The number of pyridine rings is 1. The Morgan fingerprint density at radius 1 is 1.33 bits per heavy atom. The maximum atomic E-state index is 10.8. The SMILES string of the molecule is CC.COn1cc(C)ccc1=O. The first-order valence-electron chi connectivity index (χ1n) is 3.98. The average Bonchev–Trinajstić information content (AvgIpc) is 2.13. The van der Waals surface area contributed by atoms with E-state index in [0.717, 1.165) is 5.56 Å². The van der Waals surface area contributed by atoms with Crippen LogP contribution in [0.25, 0.3) is 0 Å². The van der Waals surface area contributed by atoms with Crippen molar-refractivity contribution < 1.29 is 4.84 Å². The zero-order chi connectivity index (χ0) is 9.56. The van der Waals surface area contributed by atoms with Crippen molar-refractivity contribution in [1.82, 2.24) is 4.73 Å². The van der Waals surface area contributed by atoms with Crippen LogP contribution in [0.2, 0.25) is 0 Å². The highest BCUT2D eigenvalue weighted by Crippen LogP contribution is 1.88. The molecule has 0 aromatic carbocycles. The molecular formula is C9H15NO2. The van der Waals surface area contributed by atoms with Crippen LogP contribution < -0.4 is 10.4 Å². The molecule has 3 heteroatoms. The first kappa shape index (κ1) is 10.8. The Labute approximate surface area is 72.6 Å². The summed E-state index contributed by atoms with van der Waals surface area (Å²) < 4.78 is 1.19. The van der Waals surface area contributed by atoms with Crippen molar-refractivity contribution in [2.75, 3.05) is 7.11 Å². The fraction of sp³-hybridized carbons (Fsp3) is 0.444. The van der Waals surface area contributed by atoms with Gasteiger partial charge in [-0.15, -0.1) is 0 Å². The molecule has 12 heavy (non-hydrogen) atoms. The summed E-state index contributed by atoms with van der Waals surface area (Å²) in [5.74, 6) is 0. The Balaban J connectivity index is 0.000000561. The van der Waals surface area contributed by atoms with Crippen molar-refractivity contribution in [3.05, 3.63) is 34.2 Å². The zero-order valence-corrected chi connectivity index (χ0v) is 8.00. The zero-order valence-electron chi connectivity index (χ0n) is 8.00. The summed E-state index contributed by atoms with van der Waals surface area (Å²) in [5.41, 5.74) is 0.856. The molecule has 0 fully saturated rings. The van der Waals surface area contributed by atoms with Crippen molar-refractivity contribution in [3.63, 3.8) is 0 Å². The monoisotopic (exact) mass is 169 g/mol. The Hall–Kier alpha value is -1.25. The largest absolute Gasteiger partial charge is 0.414 e. The van der Waals surface area contributed by atoms with Gasteiger partial charge < -0.3 is 4.84 Å². The molecule has 3 nitrogen and oxygen atoms in total. The van der Waals surface area contributed by atoms with Crippen LogP contribution in [0.5, 0.6) is 0 Å². The van der Waals surface area contributed by atoms with Gasteiger partial charge in [-0.2, -0.15) is 4.73 Å². The molecule has 0 amide bonds. The molecule has 0 aliphatic rings. The maximum Gasteiger partial charge on any atom is 0.282 e. The predicted octanol–water partition coefficient (Wildman–Crippen LogP) is 1.24. The lowest BCUT2D eigenvalue weighted by Crippen LogP contribution is -2.23. The van der Waals surface area contributed by atoms with Crippen LogP contribution in [0, 0.1) is 6.92 Å². The van der Waals surface area contributed by atoms with E-state index in [1.165, 1.54) is 17.9 Å². The normalized spacial score (nSPS) is 8.33. The van der Waals surface area contributed by atoms with Gasteiger partial charge in [0.05, 0.1) is 6.20 Å². The average molecular weight is 169 g/mol. The molecule has 0 saturated carbocycles. The molecule has 0 aliphatic heterocycles. The van der Waals surface area contributed by atoms with Gasteiger partial charge in [-0.1, -0.05) is 19.9 Å². The van der Waals surface area contributed by atoms with Crippen LogP contribution in [0.15, 0.2) is 23.1 Å². The fourth-order valence-corrected chi connectivity index (χ4v) is 0.710. The van der Waals surface area contributed by atoms with Crippen LogP contribution in [-0.2, 0) is 0 Å². The fourth-order valence-electron chi connectivity index (χ4n) is 0.710. The molecule has 0 spiro atoms. The highest BCUT2D eigenvalue weighted by atomic mass is 16.6. The maximum absolute atomic E-state index is 10.8. The summed E-state index contributed by atoms with van der Waals surface area (Å²) >= 11 is 0. The van der Waals surface area contributed by atoms with E-state index in [4.69, 9.17) is 4.84 Å². The molecule has 1 rings (SSSR count). The second kappa shape index (κ2) is 5.41.